The van der Waals surface area contributed by atoms with Gasteiger partial charge in [0.1, 0.15) is 11.5 Å². The number of aromatic nitrogens is 2. The van der Waals surface area contributed by atoms with Gasteiger partial charge in [-0.1, -0.05) is 36.0 Å². The quantitative estimate of drug-likeness (QED) is 0.580. The van der Waals surface area contributed by atoms with Gasteiger partial charge in [0.25, 0.3) is 5.22 Å². The van der Waals surface area contributed by atoms with Crippen LogP contribution in [0.1, 0.15) is 11.1 Å². The third kappa shape index (κ3) is 5.04. The summed E-state index contributed by atoms with van der Waals surface area (Å²) in [7, 11) is 3.15. The molecule has 0 aliphatic rings. The van der Waals surface area contributed by atoms with Gasteiger partial charge in [-0.25, -0.2) is 0 Å². The molecule has 3 rings (SSSR count). The summed E-state index contributed by atoms with van der Waals surface area (Å²) in [6.45, 7) is 2.51. The predicted octanol–water partition coefficient (Wildman–Crippen LogP) is 3.47. The van der Waals surface area contributed by atoms with E-state index < -0.39 is 0 Å². The molecule has 0 aliphatic heterocycles. The summed E-state index contributed by atoms with van der Waals surface area (Å²) in [5, 5.41) is 11.3. The monoisotopic (exact) mass is 399 g/mol. The van der Waals surface area contributed by atoms with Crippen molar-refractivity contribution in [1.29, 1.82) is 0 Å². The van der Waals surface area contributed by atoms with Crippen LogP contribution >= 0.6 is 11.8 Å². The minimum absolute atomic E-state index is 0.101. The second-order valence-electron chi connectivity index (χ2n) is 5.97. The molecule has 28 heavy (non-hydrogen) atoms. The van der Waals surface area contributed by atoms with Crippen LogP contribution < -0.4 is 14.8 Å². The number of nitrogens with zero attached hydrogens (tertiary/aromatic N) is 2. The van der Waals surface area contributed by atoms with Crippen molar-refractivity contribution in [3.05, 3.63) is 53.6 Å². The van der Waals surface area contributed by atoms with Crippen LogP contribution in [0, 0.1) is 6.92 Å². The number of hydrogen-bond acceptors (Lipinski definition) is 7. The molecule has 1 aromatic heterocycles. The van der Waals surface area contributed by atoms with Crippen LogP contribution in [0.3, 0.4) is 0 Å². The zero-order chi connectivity index (χ0) is 19.9. The highest BCUT2D eigenvalue weighted by Crippen LogP contribution is 2.30. The van der Waals surface area contributed by atoms with Crippen molar-refractivity contribution in [3.63, 3.8) is 0 Å². The molecular weight excluding hydrogens is 378 g/mol. The summed E-state index contributed by atoms with van der Waals surface area (Å²) < 4.78 is 16.1. The van der Waals surface area contributed by atoms with Crippen molar-refractivity contribution in [2.24, 2.45) is 0 Å². The van der Waals surface area contributed by atoms with Gasteiger partial charge in [-0.05, 0) is 30.2 Å². The number of rotatable bonds is 8. The second kappa shape index (κ2) is 9.27. The van der Waals surface area contributed by atoms with Gasteiger partial charge in [0.15, 0.2) is 0 Å². The van der Waals surface area contributed by atoms with Gasteiger partial charge in [0, 0.05) is 18.2 Å². The van der Waals surface area contributed by atoms with Crippen molar-refractivity contribution in [1.82, 2.24) is 15.5 Å². The Hall–Kier alpha value is -3.00. The normalized spacial score (nSPS) is 10.5. The third-order valence-corrected chi connectivity index (χ3v) is 4.89. The lowest BCUT2D eigenvalue weighted by atomic mass is 10.1. The molecule has 0 aliphatic carbocycles. The van der Waals surface area contributed by atoms with Crippen molar-refractivity contribution in [3.8, 4) is 23.0 Å². The second-order valence-corrected chi connectivity index (χ2v) is 6.89. The first kappa shape index (κ1) is 19.8. The van der Waals surface area contributed by atoms with Crippen molar-refractivity contribution in [2.75, 3.05) is 20.0 Å². The fraction of sp³-hybridized carbons (Fsp3) is 0.250. The fourth-order valence-corrected chi connectivity index (χ4v) is 3.09. The zero-order valence-electron chi connectivity index (χ0n) is 15.9. The average molecular weight is 399 g/mol. The van der Waals surface area contributed by atoms with E-state index in [9.17, 15) is 4.79 Å². The first-order valence-corrected chi connectivity index (χ1v) is 9.58. The van der Waals surface area contributed by atoms with E-state index >= 15 is 0 Å². The summed E-state index contributed by atoms with van der Waals surface area (Å²) in [6.07, 6.45) is 0. The molecule has 0 bridgehead atoms. The summed E-state index contributed by atoms with van der Waals surface area (Å²) >= 11 is 1.19. The number of benzene rings is 2. The molecular formula is C20H21N3O4S. The molecule has 1 N–H and O–H groups in total. The van der Waals surface area contributed by atoms with Crippen molar-refractivity contribution in [2.45, 2.75) is 18.7 Å². The van der Waals surface area contributed by atoms with Gasteiger partial charge in [-0.2, -0.15) is 0 Å². The van der Waals surface area contributed by atoms with Crippen LogP contribution in [0.15, 0.2) is 52.1 Å². The Bertz CT molecular complexity index is 936. The number of carbonyl (C=O) groups excluding carboxylic acids is 1. The minimum atomic E-state index is -0.101. The Morgan fingerprint density at radius 1 is 1.11 bits per heavy atom. The molecule has 2 aromatic carbocycles. The molecule has 0 spiro atoms. The molecule has 1 amide bonds. The third-order valence-electron chi connectivity index (χ3n) is 4.07. The first-order valence-electron chi connectivity index (χ1n) is 8.60. The van der Waals surface area contributed by atoms with E-state index in [0.29, 0.717) is 34.7 Å². The van der Waals surface area contributed by atoms with E-state index in [0.717, 1.165) is 11.1 Å². The van der Waals surface area contributed by atoms with Gasteiger partial charge in [0.05, 0.1) is 20.0 Å². The Morgan fingerprint density at radius 3 is 2.50 bits per heavy atom. The number of methoxy groups -OCH3 is 2. The highest BCUT2D eigenvalue weighted by atomic mass is 32.2. The maximum Gasteiger partial charge on any atom is 0.277 e. The van der Waals surface area contributed by atoms with E-state index in [2.05, 4.69) is 15.5 Å². The molecule has 3 aromatic rings. The molecule has 0 atom stereocenters. The van der Waals surface area contributed by atoms with Gasteiger partial charge in [-0.15, -0.1) is 10.2 Å². The average Bonchev–Trinajstić information content (AvgIpc) is 3.20. The van der Waals surface area contributed by atoms with Crippen LogP contribution in [0.25, 0.3) is 11.5 Å². The van der Waals surface area contributed by atoms with Crippen LogP contribution in [-0.2, 0) is 11.3 Å². The number of nitrogens with one attached hydrogen (secondary N) is 1. The highest BCUT2D eigenvalue weighted by molar-refractivity contribution is 7.99. The topological polar surface area (TPSA) is 86.5 Å². The highest BCUT2D eigenvalue weighted by Gasteiger charge is 2.13. The number of aryl methyl sites for hydroxylation is 1. The smallest absolute Gasteiger partial charge is 0.277 e. The Morgan fingerprint density at radius 2 is 1.82 bits per heavy atom. The van der Waals surface area contributed by atoms with Crippen molar-refractivity contribution >= 4 is 17.7 Å². The van der Waals surface area contributed by atoms with Crippen LogP contribution in [0.5, 0.6) is 11.5 Å². The summed E-state index contributed by atoms with van der Waals surface area (Å²) in [5.41, 5.74) is 2.91. The lowest BCUT2D eigenvalue weighted by Crippen LogP contribution is -2.24. The fourth-order valence-electron chi connectivity index (χ4n) is 2.50. The van der Waals surface area contributed by atoms with Gasteiger partial charge < -0.3 is 19.2 Å². The van der Waals surface area contributed by atoms with Crippen LogP contribution in [0.4, 0.5) is 0 Å². The SMILES string of the molecule is COc1cc(OC)cc(-c2nnc(SCC(=O)NCc3ccccc3C)o2)c1. The van der Waals surface area contributed by atoms with Gasteiger partial charge >= 0.3 is 0 Å². The molecule has 0 saturated heterocycles. The predicted molar refractivity (Wildman–Crippen MR) is 107 cm³/mol. The summed E-state index contributed by atoms with van der Waals surface area (Å²) in [6, 6.07) is 13.3. The number of amides is 1. The van der Waals surface area contributed by atoms with E-state index in [1.807, 2.05) is 31.2 Å². The number of ether oxygens (including phenoxy) is 2. The minimum Gasteiger partial charge on any atom is -0.497 e. The summed E-state index contributed by atoms with van der Waals surface area (Å²) in [4.78, 5) is 12.1. The van der Waals surface area contributed by atoms with Gasteiger partial charge in [0.2, 0.25) is 11.8 Å². The molecule has 7 nitrogen and oxygen atoms in total. The Labute approximate surface area is 167 Å². The number of thioether (sulfide) groups is 1. The Kier molecular flexibility index (Phi) is 6.54. The molecule has 146 valence electrons. The van der Waals surface area contributed by atoms with Crippen LogP contribution in [0.2, 0.25) is 0 Å². The zero-order valence-corrected chi connectivity index (χ0v) is 16.7. The maximum atomic E-state index is 12.1. The Balaban J connectivity index is 1.57. The lowest BCUT2D eigenvalue weighted by Gasteiger charge is -2.07. The van der Waals surface area contributed by atoms with Gasteiger partial charge in [-0.3, -0.25) is 4.79 Å². The van der Waals surface area contributed by atoms with Crippen molar-refractivity contribution < 1.29 is 18.7 Å². The van der Waals surface area contributed by atoms with E-state index in [4.69, 9.17) is 13.9 Å². The number of hydrogen-bond donors (Lipinski definition) is 1. The molecule has 1 heterocycles. The molecule has 0 fully saturated rings. The largest absolute Gasteiger partial charge is 0.497 e. The standard InChI is InChI=1S/C20H21N3O4S/c1-13-6-4-5-7-14(13)11-21-18(24)12-28-20-23-22-19(27-20)15-8-16(25-2)10-17(9-15)26-3/h4-10H,11-12H2,1-3H3,(H,21,24). The van der Waals surface area contributed by atoms with Crippen LogP contribution in [-0.4, -0.2) is 36.1 Å². The molecule has 0 saturated carbocycles. The first-order chi connectivity index (χ1) is 13.6. The lowest BCUT2D eigenvalue weighted by molar-refractivity contribution is -0.118. The molecule has 0 unspecified atom stereocenters. The number of carbonyl (C=O) groups is 1. The van der Waals surface area contributed by atoms with E-state index in [-0.39, 0.29) is 11.7 Å². The summed E-state index contributed by atoms with van der Waals surface area (Å²) in [5.74, 6) is 1.67. The van der Waals surface area contributed by atoms with E-state index in [1.54, 1.807) is 32.4 Å². The molecule has 0 radical (unpaired) electrons. The maximum absolute atomic E-state index is 12.1. The van der Waals surface area contributed by atoms with E-state index in [1.165, 1.54) is 11.8 Å². The molecule has 8 heteroatoms.